The van der Waals surface area contributed by atoms with Crippen LogP contribution in [0, 0.1) is 0 Å². The topological polar surface area (TPSA) is 76.0 Å². The maximum atomic E-state index is 12.4. The van der Waals surface area contributed by atoms with Crippen molar-refractivity contribution in [3.05, 3.63) is 89.5 Å². The molecule has 0 aliphatic carbocycles. The van der Waals surface area contributed by atoms with Gasteiger partial charge in [0, 0.05) is 17.7 Å². The Morgan fingerprint density at radius 1 is 1.00 bits per heavy atom. The molecule has 3 aromatic carbocycles. The fourth-order valence-electron chi connectivity index (χ4n) is 2.62. The lowest BCUT2D eigenvalue weighted by Crippen LogP contribution is -1.98. The highest BCUT2D eigenvalue weighted by atomic mass is 16.5. The molecule has 0 atom stereocenters. The number of benzene rings is 3. The minimum atomic E-state index is -0.387. The molecule has 5 heteroatoms. The van der Waals surface area contributed by atoms with Crippen molar-refractivity contribution in [2.45, 2.75) is 6.61 Å². The number of rotatable bonds is 7. The van der Waals surface area contributed by atoms with Crippen molar-refractivity contribution in [3.63, 3.8) is 0 Å². The van der Waals surface area contributed by atoms with E-state index in [0.29, 0.717) is 23.7 Å². The van der Waals surface area contributed by atoms with E-state index in [1.165, 1.54) is 18.2 Å². The fraction of sp³-hybridized carbons (Fsp3) is 0.0870. The largest absolute Gasteiger partial charge is 0.508 e. The monoisotopic (exact) mass is 376 g/mol. The molecular weight excluding hydrogens is 356 g/mol. The van der Waals surface area contributed by atoms with Gasteiger partial charge >= 0.3 is 0 Å². The minimum Gasteiger partial charge on any atom is -0.508 e. The zero-order valence-corrected chi connectivity index (χ0v) is 15.3. The molecule has 0 heterocycles. The number of carbonyl (C=O) groups excluding carboxylic acids is 1. The van der Waals surface area contributed by atoms with E-state index in [9.17, 15) is 15.0 Å². The third-order valence-electron chi connectivity index (χ3n) is 4.12. The molecule has 0 spiro atoms. The lowest BCUT2D eigenvalue weighted by molar-refractivity contribution is 0.104. The average Bonchev–Trinajstić information content (AvgIpc) is 2.71. The van der Waals surface area contributed by atoms with Gasteiger partial charge < -0.3 is 19.7 Å². The van der Waals surface area contributed by atoms with Gasteiger partial charge in [0.05, 0.1) is 12.7 Å². The van der Waals surface area contributed by atoms with Crippen molar-refractivity contribution in [3.8, 4) is 23.0 Å². The Morgan fingerprint density at radius 2 is 1.79 bits per heavy atom. The summed E-state index contributed by atoms with van der Waals surface area (Å²) in [5, 5.41) is 19.2. The molecule has 3 aromatic rings. The third-order valence-corrected chi connectivity index (χ3v) is 4.12. The lowest BCUT2D eigenvalue weighted by atomic mass is 10.1. The van der Waals surface area contributed by atoms with Gasteiger partial charge in [0.15, 0.2) is 5.78 Å². The molecule has 142 valence electrons. The highest BCUT2D eigenvalue weighted by Crippen LogP contribution is 2.28. The number of ether oxygens (including phenoxy) is 2. The standard InChI is InChI=1S/C23H20O5/c1-27-19-10-7-17(23(14-19)28-15-16-5-3-2-4-6-16)8-12-21(25)20-11-9-18(24)13-22(20)26/h2-14,24,26H,15H2,1H3. The summed E-state index contributed by atoms with van der Waals surface area (Å²) >= 11 is 0. The quantitative estimate of drug-likeness (QED) is 0.466. The van der Waals surface area contributed by atoms with Crippen molar-refractivity contribution in [1.29, 1.82) is 0 Å². The zero-order chi connectivity index (χ0) is 19.9. The van der Waals surface area contributed by atoms with Gasteiger partial charge in [0.1, 0.15) is 29.6 Å². The second-order valence-corrected chi connectivity index (χ2v) is 6.08. The number of phenols is 2. The minimum absolute atomic E-state index is 0.106. The molecule has 0 radical (unpaired) electrons. The number of phenolic OH excluding ortho intramolecular Hbond substituents is 2. The molecule has 0 aliphatic heterocycles. The average molecular weight is 376 g/mol. The molecule has 5 nitrogen and oxygen atoms in total. The molecule has 0 amide bonds. The van der Waals surface area contributed by atoms with Crippen LogP contribution in [-0.4, -0.2) is 23.1 Å². The first-order chi connectivity index (χ1) is 13.6. The molecule has 0 aliphatic rings. The lowest BCUT2D eigenvalue weighted by Gasteiger charge is -2.11. The molecule has 2 N–H and O–H groups in total. The van der Waals surface area contributed by atoms with E-state index < -0.39 is 0 Å². The van der Waals surface area contributed by atoms with E-state index in [2.05, 4.69) is 0 Å². The molecule has 0 saturated carbocycles. The van der Waals surface area contributed by atoms with E-state index in [1.807, 2.05) is 30.3 Å². The zero-order valence-electron chi connectivity index (χ0n) is 15.3. The third kappa shape index (κ3) is 4.71. The Bertz CT molecular complexity index is 993. The second kappa shape index (κ2) is 8.77. The Labute approximate surface area is 163 Å². The van der Waals surface area contributed by atoms with E-state index in [4.69, 9.17) is 9.47 Å². The van der Waals surface area contributed by atoms with Gasteiger partial charge in [-0.25, -0.2) is 0 Å². The van der Waals surface area contributed by atoms with Gasteiger partial charge in [0.25, 0.3) is 0 Å². The van der Waals surface area contributed by atoms with Crippen LogP contribution in [0.3, 0.4) is 0 Å². The maximum Gasteiger partial charge on any atom is 0.189 e. The van der Waals surface area contributed by atoms with Crippen LogP contribution in [0.4, 0.5) is 0 Å². The molecule has 0 saturated heterocycles. The SMILES string of the molecule is COc1ccc(C=CC(=O)c2ccc(O)cc2O)c(OCc2ccccc2)c1. The van der Waals surface area contributed by atoms with Crippen LogP contribution in [0.2, 0.25) is 0 Å². The molecule has 28 heavy (non-hydrogen) atoms. The number of ketones is 1. The fourth-order valence-corrected chi connectivity index (χ4v) is 2.62. The van der Waals surface area contributed by atoms with Crippen LogP contribution in [0.25, 0.3) is 6.08 Å². The van der Waals surface area contributed by atoms with Gasteiger partial charge in [-0.3, -0.25) is 4.79 Å². The van der Waals surface area contributed by atoms with E-state index in [0.717, 1.165) is 11.6 Å². The first-order valence-electron chi connectivity index (χ1n) is 8.66. The van der Waals surface area contributed by atoms with E-state index in [-0.39, 0.29) is 22.8 Å². The Hall–Kier alpha value is -3.73. The van der Waals surface area contributed by atoms with Crippen LogP contribution in [0.15, 0.2) is 72.8 Å². The second-order valence-electron chi connectivity index (χ2n) is 6.08. The number of hydrogen-bond acceptors (Lipinski definition) is 5. The first-order valence-corrected chi connectivity index (χ1v) is 8.66. The van der Waals surface area contributed by atoms with E-state index >= 15 is 0 Å². The van der Waals surface area contributed by atoms with Crippen LogP contribution in [0.1, 0.15) is 21.5 Å². The summed E-state index contributed by atoms with van der Waals surface area (Å²) in [6.07, 6.45) is 2.97. The summed E-state index contributed by atoms with van der Waals surface area (Å²) in [5.74, 6) is 0.446. The summed E-state index contributed by atoms with van der Waals surface area (Å²) in [5.41, 5.74) is 1.82. The van der Waals surface area contributed by atoms with Gasteiger partial charge in [-0.05, 0) is 42.0 Å². The van der Waals surface area contributed by atoms with Crippen molar-refractivity contribution in [1.82, 2.24) is 0 Å². The van der Waals surface area contributed by atoms with Gasteiger partial charge in [0.2, 0.25) is 0 Å². The van der Waals surface area contributed by atoms with E-state index in [1.54, 1.807) is 31.4 Å². The van der Waals surface area contributed by atoms with Crippen LogP contribution in [0.5, 0.6) is 23.0 Å². The summed E-state index contributed by atoms with van der Waals surface area (Å²) in [6, 6.07) is 18.9. The normalized spacial score (nSPS) is 10.8. The van der Waals surface area contributed by atoms with Crippen LogP contribution in [-0.2, 0) is 6.61 Å². The van der Waals surface area contributed by atoms with Crippen molar-refractivity contribution >= 4 is 11.9 Å². The van der Waals surface area contributed by atoms with Crippen LogP contribution >= 0.6 is 0 Å². The van der Waals surface area contributed by atoms with Crippen molar-refractivity contribution < 1.29 is 24.5 Å². The number of methoxy groups -OCH3 is 1. The van der Waals surface area contributed by atoms with Gasteiger partial charge in [-0.2, -0.15) is 0 Å². The van der Waals surface area contributed by atoms with Crippen LogP contribution < -0.4 is 9.47 Å². The number of carbonyl (C=O) groups is 1. The Balaban J connectivity index is 1.82. The van der Waals surface area contributed by atoms with Gasteiger partial charge in [-0.15, -0.1) is 0 Å². The van der Waals surface area contributed by atoms with Gasteiger partial charge in [-0.1, -0.05) is 30.3 Å². The number of hydrogen-bond donors (Lipinski definition) is 2. The molecule has 0 unspecified atom stereocenters. The molecule has 0 fully saturated rings. The highest BCUT2D eigenvalue weighted by Gasteiger charge is 2.10. The Morgan fingerprint density at radius 3 is 2.50 bits per heavy atom. The predicted octanol–water partition coefficient (Wildman–Crippen LogP) is 4.58. The van der Waals surface area contributed by atoms with Crippen molar-refractivity contribution in [2.24, 2.45) is 0 Å². The van der Waals surface area contributed by atoms with Crippen molar-refractivity contribution in [2.75, 3.05) is 7.11 Å². The number of allylic oxidation sites excluding steroid dienone is 1. The summed E-state index contributed by atoms with van der Waals surface area (Å²) < 4.78 is 11.2. The molecular formula is C23H20O5. The smallest absolute Gasteiger partial charge is 0.189 e. The highest BCUT2D eigenvalue weighted by molar-refractivity contribution is 6.08. The maximum absolute atomic E-state index is 12.4. The first kappa shape index (κ1) is 19.0. The summed E-state index contributed by atoms with van der Waals surface area (Å²) in [7, 11) is 1.57. The molecule has 0 bridgehead atoms. The molecule has 0 aromatic heterocycles. The summed E-state index contributed by atoms with van der Waals surface area (Å²) in [6.45, 7) is 0.377. The molecule has 3 rings (SSSR count). The summed E-state index contributed by atoms with van der Waals surface area (Å²) in [4.78, 5) is 12.4. The Kier molecular flexibility index (Phi) is 5.97. The number of aromatic hydroxyl groups is 2. The predicted molar refractivity (Wildman–Crippen MR) is 107 cm³/mol.